The summed E-state index contributed by atoms with van der Waals surface area (Å²) in [6, 6.07) is 10.5. The fraction of sp³-hybridized carbons (Fsp3) is 0.550. The number of amides is 1. The summed E-state index contributed by atoms with van der Waals surface area (Å²) in [5, 5.41) is 4.15. The Labute approximate surface area is 148 Å². The smallest absolute Gasteiger partial charge is 0.231 e. The molecule has 0 spiro atoms. The summed E-state index contributed by atoms with van der Waals surface area (Å²) in [7, 11) is 0. The van der Waals surface area contributed by atoms with Crippen molar-refractivity contribution >= 4 is 5.91 Å². The van der Waals surface area contributed by atoms with E-state index in [1.165, 1.54) is 5.56 Å². The molecule has 2 aliphatic rings. The molecule has 0 unspecified atom stereocenters. The minimum absolute atomic E-state index is 0.201. The van der Waals surface area contributed by atoms with Gasteiger partial charge in [0, 0.05) is 25.4 Å². The molecule has 0 N–H and O–H groups in total. The maximum absolute atomic E-state index is 12.3. The van der Waals surface area contributed by atoms with Crippen LogP contribution in [0.2, 0.25) is 0 Å². The zero-order chi connectivity index (χ0) is 17.1. The second kappa shape index (κ2) is 7.38. The topological polar surface area (TPSA) is 59.2 Å². The van der Waals surface area contributed by atoms with Crippen molar-refractivity contribution in [3.8, 4) is 0 Å². The van der Waals surface area contributed by atoms with Crippen LogP contribution in [0.3, 0.4) is 0 Å². The highest BCUT2D eigenvalue weighted by Gasteiger charge is 2.36. The highest BCUT2D eigenvalue weighted by Crippen LogP contribution is 2.34. The molecule has 1 amide bonds. The van der Waals surface area contributed by atoms with Gasteiger partial charge in [0.05, 0.1) is 5.92 Å². The van der Waals surface area contributed by atoms with Gasteiger partial charge in [-0.25, -0.2) is 0 Å². The van der Waals surface area contributed by atoms with Crippen molar-refractivity contribution in [2.45, 2.75) is 50.9 Å². The van der Waals surface area contributed by atoms with E-state index in [0.29, 0.717) is 11.8 Å². The predicted octanol–water partition coefficient (Wildman–Crippen LogP) is 3.36. The second-order valence-electron chi connectivity index (χ2n) is 7.29. The van der Waals surface area contributed by atoms with E-state index in [0.717, 1.165) is 63.9 Å². The van der Waals surface area contributed by atoms with Gasteiger partial charge < -0.3 is 9.42 Å². The van der Waals surface area contributed by atoms with E-state index in [-0.39, 0.29) is 11.8 Å². The predicted molar refractivity (Wildman–Crippen MR) is 94.0 cm³/mol. The third kappa shape index (κ3) is 4.09. The molecule has 5 heteroatoms. The average Bonchev–Trinajstić information content (AvgIpc) is 3.41. The van der Waals surface area contributed by atoms with Gasteiger partial charge in [0.25, 0.3) is 0 Å². The van der Waals surface area contributed by atoms with Crippen LogP contribution in [-0.4, -0.2) is 34.0 Å². The maximum atomic E-state index is 12.3. The molecule has 0 radical (unpaired) electrons. The Kier molecular flexibility index (Phi) is 4.81. The molecule has 25 heavy (non-hydrogen) atoms. The quantitative estimate of drug-likeness (QED) is 0.810. The van der Waals surface area contributed by atoms with E-state index in [1.807, 2.05) is 11.0 Å². The number of hydrogen-bond acceptors (Lipinski definition) is 4. The van der Waals surface area contributed by atoms with Gasteiger partial charge in [-0.15, -0.1) is 0 Å². The van der Waals surface area contributed by atoms with Crippen LogP contribution < -0.4 is 0 Å². The first-order valence-corrected chi connectivity index (χ1v) is 9.45. The Hall–Kier alpha value is -2.17. The van der Waals surface area contributed by atoms with Crippen molar-refractivity contribution in [1.82, 2.24) is 15.0 Å². The molecule has 1 aliphatic carbocycles. The number of carbonyl (C=O) groups is 1. The Morgan fingerprint density at radius 3 is 2.80 bits per heavy atom. The Morgan fingerprint density at radius 2 is 2.00 bits per heavy atom. The first-order chi connectivity index (χ1) is 12.3. The number of likely N-dealkylation sites (tertiary alicyclic amines) is 1. The van der Waals surface area contributed by atoms with Gasteiger partial charge in [-0.05, 0) is 44.1 Å². The Balaban J connectivity index is 1.30. The second-order valence-corrected chi connectivity index (χ2v) is 7.29. The molecule has 1 atom stereocenters. The van der Waals surface area contributed by atoms with Crippen LogP contribution in [0.4, 0.5) is 0 Å². The normalized spacial score (nSPS) is 20.6. The Morgan fingerprint density at radius 1 is 1.16 bits per heavy atom. The molecule has 5 nitrogen and oxygen atoms in total. The highest BCUT2D eigenvalue weighted by molar-refractivity contribution is 5.81. The van der Waals surface area contributed by atoms with Crippen molar-refractivity contribution in [3.63, 3.8) is 0 Å². The summed E-state index contributed by atoms with van der Waals surface area (Å²) >= 11 is 0. The van der Waals surface area contributed by atoms with Crippen LogP contribution in [0, 0.1) is 5.92 Å². The van der Waals surface area contributed by atoms with Gasteiger partial charge in [0.1, 0.15) is 0 Å². The first kappa shape index (κ1) is 16.3. The molecule has 1 aromatic heterocycles. The van der Waals surface area contributed by atoms with E-state index >= 15 is 0 Å². The molecule has 2 aromatic rings. The van der Waals surface area contributed by atoms with Gasteiger partial charge in [0.15, 0.2) is 5.82 Å². The minimum atomic E-state index is 0.201. The van der Waals surface area contributed by atoms with Gasteiger partial charge in [-0.3, -0.25) is 4.79 Å². The molecule has 1 saturated carbocycles. The van der Waals surface area contributed by atoms with Crippen molar-refractivity contribution in [2.75, 3.05) is 13.1 Å². The number of piperidine rings is 1. The maximum Gasteiger partial charge on any atom is 0.231 e. The monoisotopic (exact) mass is 339 g/mol. The average molecular weight is 339 g/mol. The van der Waals surface area contributed by atoms with E-state index < -0.39 is 0 Å². The molecule has 2 fully saturated rings. The number of aryl methyl sites for hydroxylation is 2. The van der Waals surface area contributed by atoms with Gasteiger partial charge in [0.2, 0.25) is 11.8 Å². The van der Waals surface area contributed by atoms with Crippen molar-refractivity contribution in [1.29, 1.82) is 0 Å². The van der Waals surface area contributed by atoms with E-state index in [4.69, 9.17) is 4.52 Å². The zero-order valence-corrected chi connectivity index (χ0v) is 14.6. The fourth-order valence-corrected chi connectivity index (χ4v) is 3.60. The van der Waals surface area contributed by atoms with Crippen LogP contribution in [0.15, 0.2) is 34.9 Å². The lowest BCUT2D eigenvalue weighted by atomic mass is 9.97. The van der Waals surface area contributed by atoms with Crippen molar-refractivity contribution in [3.05, 3.63) is 47.6 Å². The SMILES string of the molecule is O=C(C1CC1)N1CCC[C@@H](c2nc(CCCc3ccccc3)no2)C1. The van der Waals surface area contributed by atoms with Crippen molar-refractivity contribution < 1.29 is 9.32 Å². The zero-order valence-electron chi connectivity index (χ0n) is 14.6. The summed E-state index contributed by atoms with van der Waals surface area (Å²) < 4.78 is 5.51. The third-order valence-electron chi connectivity index (χ3n) is 5.20. The number of carbonyl (C=O) groups excluding carboxylic acids is 1. The van der Waals surface area contributed by atoms with Crippen LogP contribution >= 0.6 is 0 Å². The first-order valence-electron chi connectivity index (χ1n) is 9.45. The van der Waals surface area contributed by atoms with Crippen molar-refractivity contribution in [2.24, 2.45) is 5.92 Å². The fourth-order valence-electron chi connectivity index (χ4n) is 3.60. The van der Waals surface area contributed by atoms with E-state index in [9.17, 15) is 4.79 Å². The standard InChI is InChI=1S/C20H25N3O2/c24-20(16-11-12-16)23-13-5-9-17(14-23)19-21-18(22-25-19)10-4-8-15-6-2-1-3-7-15/h1-3,6-7,16-17H,4-5,8-14H2/t17-/m1/s1. The number of benzene rings is 1. The number of nitrogens with zero attached hydrogens (tertiary/aromatic N) is 3. The summed E-state index contributed by atoms with van der Waals surface area (Å²) in [6.07, 6.45) is 7.04. The van der Waals surface area contributed by atoms with Gasteiger partial charge in [-0.2, -0.15) is 4.98 Å². The van der Waals surface area contributed by atoms with Crippen LogP contribution in [-0.2, 0) is 17.6 Å². The summed E-state index contributed by atoms with van der Waals surface area (Å²) in [5.74, 6) is 2.31. The number of hydrogen-bond donors (Lipinski definition) is 0. The lowest BCUT2D eigenvalue weighted by molar-refractivity contribution is -0.133. The molecular weight excluding hydrogens is 314 g/mol. The number of rotatable bonds is 6. The highest BCUT2D eigenvalue weighted by atomic mass is 16.5. The summed E-state index contributed by atoms with van der Waals surface area (Å²) in [6.45, 7) is 1.62. The molecule has 1 aliphatic heterocycles. The van der Waals surface area contributed by atoms with Crippen LogP contribution in [0.1, 0.15) is 55.3 Å². The molecule has 4 rings (SSSR count). The number of aromatic nitrogens is 2. The molecule has 2 heterocycles. The molecule has 132 valence electrons. The molecule has 1 saturated heterocycles. The Bertz CT molecular complexity index is 709. The van der Waals surface area contributed by atoms with Gasteiger partial charge in [-0.1, -0.05) is 35.5 Å². The molecular formula is C20H25N3O2. The lowest BCUT2D eigenvalue weighted by Crippen LogP contribution is -2.40. The largest absolute Gasteiger partial charge is 0.342 e. The molecule has 0 bridgehead atoms. The van der Waals surface area contributed by atoms with E-state index in [2.05, 4.69) is 34.4 Å². The van der Waals surface area contributed by atoms with Crippen LogP contribution in [0.5, 0.6) is 0 Å². The van der Waals surface area contributed by atoms with E-state index in [1.54, 1.807) is 0 Å². The van der Waals surface area contributed by atoms with Gasteiger partial charge >= 0.3 is 0 Å². The molecule has 1 aromatic carbocycles. The van der Waals surface area contributed by atoms with Crippen LogP contribution in [0.25, 0.3) is 0 Å². The summed E-state index contributed by atoms with van der Waals surface area (Å²) in [5.41, 5.74) is 1.34. The lowest BCUT2D eigenvalue weighted by Gasteiger charge is -2.31. The minimum Gasteiger partial charge on any atom is -0.342 e. The summed E-state index contributed by atoms with van der Waals surface area (Å²) in [4.78, 5) is 18.9. The third-order valence-corrected chi connectivity index (χ3v) is 5.20.